The van der Waals surface area contributed by atoms with Gasteiger partial charge in [0.25, 0.3) is 0 Å². The van der Waals surface area contributed by atoms with Gasteiger partial charge < -0.3 is 10.1 Å². The van der Waals surface area contributed by atoms with Crippen LogP contribution < -0.4 is 5.32 Å². The zero-order valence-corrected chi connectivity index (χ0v) is 9.37. The molecule has 1 N–H and O–H groups in total. The maximum atomic E-state index is 5.61. The SMILES string of the molecule is CCSCCOCC1CCCNC1. The first-order valence-electron chi connectivity index (χ1n) is 5.29. The summed E-state index contributed by atoms with van der Waals surface area (Å²) in [6.45, 7) is 6.42. The molecule has 3 heteroatoms. The average molecular weight is 203 g/mol. The first-order chi connectivity index (χ1) is 6.43. The summed E-state index contributed by atoms with van der Waals surface area (Å²) in [6.07, 6.45) is 2.66. The number of hydrogen-bond donors (Lipinski definition) is 1. The van der Waals surface area contributed by atoms with Gasteiger partial charge in [-0.1, -0.05) is 6.92 Å². The van der Waals surface area contributed by atoms with Gasteiger partial charge in [-0.15, -0.1) is 0 Å². The molecule has 1 heterocycles. The normalized spacial score (nSPS) is 23.3. The van der Waals surface area contributed by atoms with Crippen LogP contribution in [0.4, 0.5) is 0 Å². The van der Waals surface area contributed by atoms with Crippen molar-refractivity contribution in [3.63, 3.8) is 0 Å². The molecule has 1 atom stereocenters. The van der Waals surface area contributed by atoms with Crippen molar-refractivity contribution in [1.82, 2.24) is 5.32 Å². The summed E-state index contributed by atoms with van der Waals surface area (Å²) in [7, 11) is 0. The van der Waals surface area contributed by atoms with Crippen molar-refractivity contribution in [3.8, 4) is 0 Å². The largest absolute Gasteiger partial charge is 0.380 e. The van der Waals surface area contributed by atoms with Crippen molar-refractivity contribution in [3.05, 3.63) is 0 Å². The molecule has 0 spiro atoms. The van der Waals surface area contributed by atoms with Gasteiger partial charge in [-0.05, 0) is 31.1 Å². The Balaban J connectivity index is 1.86. The summed E-state index contributed by atoms with van der Waals surface area (Å²) in [4.78, 5) is 0. The lowest BCUT2D eigenvalue weighted by Crippen LogP contribution is -2.32. The molecule has 0 saturated carbocycles. The van der Waals surface area contributed by atoms with Gasteiger partial charge in [-0.2, -0.15) is 11.8 Å². The predicted octanol–water partition coefficient (Wildman–Crippen LogP) is 1.76. The van der Waals surface area contributed by atoms with Gasteiger partial charge in [0, 0.05) is 12.3 Å². The zero-order chi connectivity index (χ0) is 9.36. The molecule has 78 valence electrons. The molecule has 1 saturated heterocycles. The fourth-order valence-electron chi connectivity index (χ4n) is 1.58. The molecule has 13 heavy (non-hydrogen) atoms. The molecular weight excluding hydrogens is 182 g/mol. The second kappa shape index (κ2) is 7.65. The van der Waals surface area contributed by atoms with Crippen molar-refractivity contribution >= 4 is 11.8 Å². The average Bonchev–Trinajstić information content (AvgIpc) is 2.19. The van der Waals surface area contributed by atoms with Crippen LogP contribution in [0, 0.1) is 5.92 Å². The number of piperidine rings is 1. The molecule has 0 amide bonds. The topological polar surface area (TPSA) is 21.3 Å². The number of rotatable bonds is 6. The van der Waals surface area contributed by atoms with E-state index in [4.69, 9.17) is 4.74 Å². The first-order valence-corrected chi connectivity index (χ1v) is 6.45. The second-order valence-corrected chi connectivity index (χ2v) is 4.88. The van der Waals surface area contributed by atoms with Crippen LogP contribution in [0.2, 0.25) is 0 Å². The Hall–Kier alpha value is 0.270. The predicted molar refractivity (Wildman–Crippen MR) is 59.4 cm³/mol. The lowest BCUT2D eigenvalue weighted by molar-refractivity contribution is 0.102. The monoisotopic (exact) mass is 203 g/mol. The molecule has 0 aromatic rings. The maximum Gasteiger partial charge on any atom is 0.0556 e. The highest BCUT2D eigenvalue weighted by Gasteiger charge is 2.12. The molecule has 0 radical (unpaired) electrons. The van der Waals surface area contributed by atoms with Gasteiger partial charge in [0.05, 0.1) is 13.2 Å². The van der Waals surface area contributed by atoms with E-state index in [1.807, 2.05) is 11.8 Å². The van der Waals surface area contributed by atoms with Gasteiger partial charge in [0.1, 0.15) is 0 Å². The molecule has 1 fully saturated rings. The van der Waals surface area contributed by atoms with Gasteiger partial charge in [0.15, 0.2) is 0 Å². The van der Waals surface area contributed by atoms with E-state index in [0.29, 0.717) is 0 Å². The third-order valence-corrected chi connectivity index (χ3v) is 3.19. The van der Waals surface area contributed by atoms with Crippen LogP contribution in [-0.4, -0.2) is 37.8 Å². The van der Waals surface area contributed by atoms with E-state index in [0.717, 1.165) is 31.4 Å². The van der Waals surface area contributed by atoms with Crippen molar-refractivity contribution in [1.29, 1.82) is 0 Å². The van der Waals surface area contributed by atoms with E-state index in [1.54, 1.807) is 0 Å². The van der Waals surface area contributed by atoms with E-state index in [1.165, 1.54) is 25.1 Å². The lowest BCUT2D eigenvalue weighted by atomic mass is 10.0. The molecule has 1 unspecified atom stereocenters. The quantitative estimate of drug-likeness (QED) is 0.665. The van der Waals surface area contributed by atoms with Crippen molar-refractivity contribution in [2.75, 3.05) is 37.8 Å². The first kappa shape index (κ1) is 11.3. The van der Waals surface area contributed by atoms with Gasteiger partial charge >= 0.3 is 0 Å². The van der Waals surface area contributed by atoms with Crippen LogP contribution in [-0.2, 0) is 4.74 Å². The van der Waals surface area contributed by atoms with Gasteiger partial charge in [0.2, 0.25) is 0 Å². The minimum absolute atomic E-state index is 0.764. The van der Waals surface area contributed by atoms with Crippen LogP contribution in [0.25, 0.3) is 0 Å². The maximum absolute atomic E-state index is 5.61. The number of ether oxygens (including phenoxy) is 1. The van der Waals surface area contributed by atoms with Crippen LogP contribution >= 0.6 is 11.8 Å². The van der Waals surface area contributed by atoms with Crippen LogP contribution in [0.3, 0.4) is 0 Å². The molecule has 0 aromatic carbocycles. The Kier molecular flexibility index (Phi) is 6.68. The van der Waals surface area contributed by atoms with Crippen molar-refractivity contribution < 1.29 is 4.74 Å². The van der Waals surface area contributed by atoms with Crippen molar-refractivity contribution in [2.45, 2.75) is 19.8 Å². The fourth-order valence-corrected chi connectivity index (χ4v) is 2.10. The summed E-state index contributed by atoms with van der Waals surface area (Å²) < 4.78 is 5.61. The highest BCUT2D eigenvalue weighted by atomic mass is 32.2. The Bertz CT molecular complexity index is 115. The standard InChI is InChI=1S/C10H21NOS/c1-2-13-7-6-12-9-10-4-3-5-11-8-10/h10-11H,2-9H2,1H3. The molecular formula is C10H21NOS. The van der Waals surface area contributed by atoms with Crippen LogP contribution in [0.15, 0.2) is 0 Å². The number of hydrogen-bond acceptors (Lipinski definition) is 3. The Morgan fingerprint density at radius 1 is 1.54 bits per heavy atom. The fraction of sp³-hybridized carbons (Fsp3) is 1.00. The highest BCUT2D eigenvalue weighted by Crippen LogP contribution is 2.10. The zero-order valence-electron chi connectivity index (χ0n) is 8.55. The highest BCUT2D eigenvalue weighted by molar-refractivity contribution is 7.99. The van der Waals surface area contributed by atoms with E-state index in [2.05, 4.69) is 12.2 Å². The van der Waals surface area contributed by atoms with Gasteiger partial charge in [-0.25, -0.2) is 0 Å². The Morgan fingerprint density at radius 3 is 3.15 bits per heavy atom. The minimum atomic E-state index is 0.764. The van der Waals surface area contributed by atoms with E-state index in [-0.39, 0.29) is 0 Å². The lowest BCUT2D eigenvalue weighted by Gasteiger charge is -2.22. The third-order valence-electron chi connectivity index (χ3n) is 2.33. The van der Waals surface area contributed by atoms with Crippen LogP contribution in [0.5, 0.6) is 0 Å². The molecule has 0 aliphatic carbocycles. The third kappa shape index (κ3) is 5.55. The summed E-state index contributed by atoms with van der Waals surface area (Å²) in [5.74, 6) is 3.12. The molecule has 0 aromatic heterocycles. The minimum Gasteiger partial charge on any atom is -0.380 e. The van der Waals surface area contributed by atoms with Crippen molar-refractivity contribution in [2.24, 2.45) is 5.92 Å². The van der Waals surface area contributed by atoms with E-state index < -0.39 is 0 Å². The summed E-state index contributed by atoms with van der Waals surface area (Å²) in [5.41, 5.74) is 0. The number of nitrogens with one attached hydrogen (secondary N) is 1. The Labute approximate surface area is 85.8 Å². The van der Waals surface area contributed by atoms with Crippen LogP contribution in [0.1, 0.15) is 19.8 Å². The molecule has 2 nitrogen and oxygen atoms in total. The Morgan fingerprint density at radius 2 is 2.46 bits per heavy atom. The molecule has 0 bridgehead atoms. The molecule has 1 rings (SSSR count). The second-order valence-electron chi connectivity index (χ2n) is 3.48. The summed E-state index contributed by atoms with van der Waals surface area (Å²) in [6, 6.07) is 0. The van der Waals surface area contributed by atoms with E-state index >= 15 is 0 Å². The number of thioether (sulfide) groups is 1. The smallest absolute Gasteiger partial charge is 0.0556 e. The van der Waals surface area contributed by atoms with E-state index in [9.17, 15) is 0 Å². The summed E-state index contributed by atoms with van der Waals surface area (Å²) in [5, 5.41) is 3.40. The molecule has 1 aliphatic heterocycles. The summed E-state index contributed by atoms with van der Waals surface area (Å²) >= 11 is 1.95. The van der Waals surface area contributed by atoms with Gasteiger partial charge in [-0.3, -0.25) is 0 Å². The molecule has 1 aliphatic rings.